The third kappa shape index (κ3) is 55.0. The largest absolute Gasteiger partial charge is 1.00 e. The van der Waals surface area contributed by atoms with E-state index in [1.807, 2.05) is 0 Å². The van der Waals surface area contributed by atoms with E-state index in [0.29, 0.717) is 0 Å². The average molecular weight is 163 g/mol. The first-order valence-corrected chi connectivity index (χ1v) is 2.65. The fourth-order valence-corrected chi connectivity index (χ4v) is 0. The van der Waals surface area contributed by atoms with Gasteiger partial charge in [-0.3, -0.25) is 4.57 Å². The van der Waals surface area contributed by atoms with Gasteiger partial charge in [-0.25, -0.2) is 0 Å². The van der Waals surface area contributed by atoms with E-state index in [4.69, 9.17) is 19.4 Å². The molecule has 7 heteroatoms. The Labute approximate surface area is 75.8 Å². The number of rotatable bonds is 1. The predicted molar refractivity (Wildman–Crippen MR) is 26.7 cm³/mol. The number of nitrogens with two attached hydrogens (primary N) is 1. The Morgan fingerprint density at radius 2 is 1.89 bits per heavy atom. The first kappa shape index (κ1) is 16.3. The molecule has 0 spiro atoms. The fourth-order valence-electron chi connectivity index (χ4n) is 0. The molecule has 0 saturated carbocycles. The summed E-state index contributed by atoms with van der Waals surface area (Å²) in [4.78, 5) is 16.2. The molecule has 0 aliphatic rings. The van der Waals surface area contributed by atoms with Gasteiger partial charge in [0.15, 0.2) is 8.69 Å². The van der Waals surface area contributed by atoms with Crippen molar-refractivity contribution in [2.24, 2.45) is 5.73 Å². The van der Waals surface area contributed by atoms with Gasteiger partial charge in [0.1, 0.15) is 0 Å². The van der Waals surface area contributed by atoms with Crippen LogP contribution in [0.1, 0.15) is 0 Å². The van der Waals surface area contributed by atoms with Crippen molar-refractivity contribution in [3.8, 4) is 0 Å². The molecular formula is C2H7NNaO4P. The molecule has 0 radical (unpaired) electrons. The third-order valence-corrected chi connectivity index (χ3v) is 0.167. The van der Waals surface area contributed by atoms with Gasteiger partial charge in [0.05, 0.1) is 5.97 Å². The number of aliphatic carboxylic acids is 1. The molecule has 0 fully saturated rings. The molecule has 5 nitrogen and oxygen atoms in total. The summed E-state index contributed by atoms with van der Waals surface area (Å²) in [7, 11) is -1.50. The molecule has 50 valence electrons. The van der Waals surface area contributed by atoms with Crippen molar-refractivity contribution in [2.75, 3.05) is 6.54 Å². The SMILES string of the molecule is NCC(=O)[O-].O=[PH2]O.[Na+]. The Balaban J connectivity index is -0.0000000800. The van der Waals surface area contributed by atoms with Gasteiger partial charge in [0, 0.05) is 6.54 Å². The molecule has 1 unspecified atom stereocenters. The van der Waals surface area contributed by atoms with Crippen molar-refractivity contribution < 1.29 is 48.9 Å². The molecule has 0 aromatic rings. The standard InChI is InChI=1S/C2H5NO2.Na.H3O2P/c3-1-2(4)5;;1-3-2/h1,3H2,(H,4,5);;3H2,(H,1,2)/q;+1;/p-1. The molecule has 3 N–H and O–H groups in total. The Hall–Kier alpha value is 0.620. The number of hydrogen-bond acceptors (Lipinski definition) is 4. The van der Waals surface area contributed by atoms with E-state index in [2.05, 4.69) is 5.73 Å². The summed E-state index contributed by atoms with van der Waals surface area (Å²) in [5, 5.41) is 9.13. The van der Waals surface area contributed by atoms with Gasteiger partial charge < -0.3 is 20.5 Å². The first-order chi connectivity index (χ1) is 3.68. The summed E-state index contributed by atoms with van der Waals surface area (Å²) in [6.45, 7) is -0.389. The number of carbonyl (C=O) groups excluding carboxylic acids is 1. The molecule has 0 aromatic carbocycles. The van der Waals surface area contributed by atoms with Gasteiger partial charge in [-0.15, -0.1) is 0 Å². The van der Waals surface area contributed by atoms with Crippen LogP contribution in [0.25, 0.3) is 0 Å². The number of hydrogen-bond donors (Lipinski definition) is 2. The van der Waals surface area contributed by atoms with Crippen molar-refractivity contribution in [2.45, 2.75) is 0 Å². The van der Waals surface area contributed by atoms with Crippen LogP contribution in [0.3, 0.4) is 0 Å². The van der Waals surface area contributed by atoms with Crippen LogP contribution < -0.4 is 40.4 Å². The van der Waals surface area contributed by atoms with Crippen molar-refractivity contribution >= 4 is 14.7 Å². The van der Waals surface area contributed by atoms with Crippen molar-refractivity contribution in [3.05, 3.63) is 0 Å². The second-order valence-electron chi connectivity index (χ2n) is 0.682. The van der Waals surface area contributed by atoms with Crippen LogP contribution in [0.15, 0.2) is 0 Å². The van der Waals surface area contributed by atoms with Gasteiger partial charge in [0.2, 0.25) is 0 Å². The van der Waals surface area contributed by atoms with Crippen LogP contribution in [0.4, 0.5) is 0 Å². The van der Waals surface area contributed by atoms with Gasteiger partial charge >= 0.3 is 29.6 Å². The van der Waals surface area contributed by atoms with E-state index in [1.165, 1.54) is 0 Å². The maximum atomic E-state index is 9.13. The van der Waals surface area contributed by atoms with Crippen LogP contribution in [0.2, 0.25) is 0 Å². The molecule has 0 amide bonds. The summed E-state index contributed by atoms with van der Waals surface area (Å²) in [6.07, 6.45) is 0. The molecule has 0 aliphatic carbocycles. The van der Waals surface area contributed by atoms with Gasteiger partial charge in [-0.05, 0) is 0 Å². The zero-order valence-electron chi connectivity index (χ0n) is 5.03. The van der Waals surface area contributed by atoms with Crippen LogP contribution in [-0.4, -0.2) is 17.4 Å². The zero-order chi connectivity index (χ0) is 6.99. The van der Waals surface area contributed by atoms with Crippen LogP contribution >= 0.6 is 8.69 Å². The molecule has 0 bridgehead atoms. The molecule has 0 heterocycles. The summed E-state index contributed by atoms with van der Waals surface area (Å²) in [5.41, 5.74) is 4.51. The summed E-state index contributed by atoms with van der Waals surface area (Å²) < 4.78 is 8.57. The van der Waals surface area contributed by atoms with Crippen LogP contribution in [0.5, 0.6) is 0 Å². The molecule has 0 saturated heterocycles. The monoisotopic (exact) mass is 163 g/mol. The number of carboxylic acid groups (broad SMARTS) is 1. The smallest absolute Gasteiger partial charge is 0.549 e. The Kier molecular flexibility index (Phi) is 28.7. The van der Waals surface area contributed by atoms with Gasteiger partial charge in [0.25, 0.3) is 0 Å². The van der Waals surface area contributed by atoms with E-state index >= 15 is 0 Å². The van der Waals surface area contributed by atoms with E-state index in [0.717, 1.165) is 0 Å². The minimum Gasteiger partial charge on any atom is -0.549 e. The van der Waals surface area contributed by atoms with E-state index < -0.39 is 14.7 Å². The van der Waals surface area contributed by atoms with Crippen molar-refractivity contribution in [1.82, 2.24) is 0 Å². The second kappa shape index (κ2) is 15.8. The average Bonchev–Trinajstić information content (AvgIpc) is 1.69. The molecule has 0 aromatic heterocycles. The third-order valence-electron chi connectivity index (χ3n) is 0.167. The minimum absolute atomic E-state index is 0. The van der Waals surface area contributed by atoms with E-state index in [9.17, 15) is 0 Å². The fraction of sp³-hybridized carbons (Fsp3) is 0.500. The summed E-state index contributed by atoms with van der Waals surface area (Å²) >= 11 is 0. The maximum absolute atomic E-state index is 9.13. The van der Waals surface area contributed by atoms with Crippen molar-refractivity contribution in [1.29, 1.82) is 0 Å². The van der Waals surface area contributed by atoms with Crippen LogP contribution in [0, 0.1) is 0 Å². The molecule has 0 aliphatic heterocycles. The normalized spacial score (nSPS) is 7.33. The quantitative estimate of drug-likeness (QED) is 0.296. The molecule has 0 rings (SSSR count). The molecule has 1 atom stereocenters. The van der Waals surface area contributed by atoms with Crippen molar-refractivity contribution in [3.63, 3.8) is 0 Å². The Morgan fingerprint density at radius 1 is 1.78 bits per heavy atom. The van der Waals surface area contributed by atoms with E-state index in [-0.39, 0.29) is 36.1 Å². The maximum Gasteiger partial charge on any atom is 1.00 e. The van der Waals surface area contributed by atoms with Crippen LogP contribution in [-0.2, 0) is 9.36 Å². The first-order valence-electron chi connectivity index (χ1n) is 1.66. The predicted octanol–water partition coefficient (Wildman–Crippen LogP) is -5.65. The Morgan fingerprint density at radius 3 is 1.89 bits per heavy atom. The van der Waals surface area contributed by atoms with E-state index in [1.54, 1.807) is 0 Å². The molecule has 9 heavy (non-hydrogen) atoms. The molecular weight excluding hydrogens is 156 g/mol. The topological polar surface area (TPSA) is 103 Å². The second-order valence-corrected chi connectivity index (χ2v) is 0.892. The summed E-state index contributed by atoms with van der Waals surface area (Å²) in [5.74, 6) is -1.22. The number of carboxylic acids is 1. The van der Waals surface area contributed by atoms with Gasteiger partial charge in [-0.2, -0.15) is 0 Å². The Bertz CT molecular complexity index is 79.0. The van der Waals surface area contributed by atoms with Gasteiger partial charge in [-0.1, -0.05) is 0 Å². The minimum atomic E-state index is -1.50. The number of carbonyl (C=O) groups is 1. The zero-order valence-corrected chi connectivity index (χ0v) is 8.19. The summed E-state index contributed by atoms with van der Waals surface area (Å²) in [6, 6.07) is 0.